The lowest BCUT2D eigenvalue weighted by atomic mass is 9.89. The van der Waals surface area contributed by atoms with Gasteiger partial charge >= 0.3 is 0 Å². The van der Waals surface area contributed by atoms with Crippen LogP contribution >= 0.6 is 11.8 Å². The van der Waals surface area contributed by atoms with Gasteiger partial charge in [0.15, 0.2) is 0 Å². The molecule has 0 aromatic heterocycles. The van der Waals surface area contributed by atoms with E-state index in [0.717, 1.165) is 17.7 Å². The highest BCUT2D eigenvalue weighted by Gasteiger charge is 2.29. The Labute approximate surface area is 108 Å². The lowest BCUT2D eigenvalue weighted by Gasteiger charge is -2.26. The van der Waals surface area contributed by atoms with Crippen molar-refractivity contribution in [3.63, 3.8) is 0 Å². The molecule has 1 aromatic carbocycles. The summed E-state index contributed by atoms with van der Waals surface area (Å²) in [5, 5.41) is 13.3. The van der Waals surface area contributed by atoms with E-state index < -0.39 is 5.54 Å². The second-order valence-corrected chi connectivity index (χ2v) is 5.99. The summed E-state index contributed by atoms with van der Waals surface area (Å²) >= 11 is 1.89. The summed E-state index contributed by atoms with van der Waals surface area (Å²) in [6.07, 6.45) is 0.826. The van der Waals surface area contributed by atoms with Gasteiger partial charge in [0.1, 0.15) is 5.54 Å². The van der Waals surface area contributed by atoms with Gasteiger partial charge in [0, 0.05) is 0 Å². The molecule has 2 nitrogen and oxygen atoms in total. The Balaban J connectivity index is 2.80. The van der Waals surface area contributed by atoms with Crippen LogP contribution in [0.3, 0.4) is 0 Å². The molecule has 0 heterocycles. The topological polar surface area (TPSA) is 35.8 Å². The molecule has 0 aliphatic heterocycles. The summed E-state index contributed by atoms with van der Waals surface area (Å²) in [7, 11) is 1.86. The quantitative estimate of drug-likeness (QED) is 0.840. The van der Waals surface area contributed by atoms with Gasteiger partial charge in [-0.2, -0.15) is 17.0 Å². The lowest BCUT2D eigenvalue weighted by Crippen LogP contribution is -2.39. The number of rotatable bonds is 6. The first-order chi connectivity index (χ1) is 8.14. The van der Waals surface area contributed by atoms with E-state index in [2.05, 4.69) is 25.2 Å². The monoisotopic (exact) mass is 248 g/mol. The predicted molar refractivity (Wildman–Crippen MR) is 75.0 cm³/mol. The van der Waals surface area contributed by atoms with Gasteiger partial charge in [-0.05, 0) is 30.0 Å². The average Bonchev–Trinajstić information content (AvgIpc) is 2.36. The molecule has 0 radical (unpaired) electrons. The Morgan fingerprint density at radius 3 is 2.47 bits per heavy atom. The van der Waals surface area contributed by atoms with Crippen LogP contribution in [0.2, 0.25) is 0 Å². The summed E-state index contributed by atoms with van der Waals surface area (Å²) in [6, 6.07) is 12.4. The van der Waals surface area contributed by atoms with Crippen LogP contribution in [-0.2, 0) is 5.54 Å². The summed E-state index contributed by atoms with van der Waals surface area (Å²) in [6.45, 7) is 4.36. The zero-order valence-electron chi connectivity index (χ0n) is 10.7. The first kappa shape index (κ1) is 14.1. The third-order valence-corrected chi connectivity index (χ3v) is 3.92. The van der Waals surface area contributed by atoms with Gasteiger partial charge in [0.2, 0.25) is 0 Å². The molecule has 1 rings (SSSR count). The van der Waals surface area contributed by atoms with Crippen molar-refractivity contribution in [1.29, 1.82) is 5.26 Å². The Morgan fingerprint density at radius 1 is 1.35 bits per heavy atom. The van der Waals surface area contributed by atoms with Crippen LogP contribution in [0.25, 0.3) is 0 Å². The molecule has 92 valence electrons. The molecule has 0 bridgehead atoms. The number of benzene rings is 1. The van der Waals surface area contributed by atoms with Crippen molar-refractivity contribution in [2.75, 3.05) is 12.8 Å². The molecule has 1 N–H and O–H groups in total. The third-order valence-electron chi connectivity index (χ3n) is 2.81. The molecule has 0 amide bonds. The highest BCUT2D eigenvalue weighted by atomic mass is 32.2. The van der Waals surface area contributed by atoms with Crippen LogP contribution in [0.15, 0.2) is 30.3 Å². The molecule has 0 aliphatic rings. The van der Waals surface area contributed by atoms with E-state index in [0.29, 0.717) is 5.25 Å². The van der Waals surface area contributed by atoms with Gasteiger partial charge in [-0.1, -0.05) is 44.2 Å². The molecule has 0 saturated heterocycles. The number of nitriles is 1. The van der Waals surface area contributed by atoms with Gasteiger partial charge in [-0.15, -0.1) is 0 Å². The molecule has 0 fully saturated rings. The molecule has 1 unspecified atom stereocenters. The second kappa shape index (κ2) is 6.68. The van der Waals surface area contributed by atoms with Crippen LogP contribution in [0, 0.1) is 11.3 Å². The fourth-order valence-electron chi connectivity index (χ4n) is 1.76. The summed E-state index contributed by atoms with van der Waals surface area (Å²) < 4.78 is 0. The van der Waals surface area contributed by atoms with E-state index >= 15 is 0 Å². The van der Waals surface area contributed by atoms with Crippen molar-refractivity contribution >= 4 is 11.8 Å². The van der Waals surface area contributed by atoms with E-state index in [1.54, 1.807) is 0 Å². The second-order valence-electron chi connectivity index (χ2n) is 4.30. The Hall–Kier alpha value is -0.980. The lowest BCUT2D eigenvalue weighted by molar-refractivity contribution is 0.456. The Kier molecular flexibility index (Phi) is 5.54. The number of nitrogens with zero attached hydrogens (tertiary/aromatic N) is 1. The first-order valence-corrected chi connectivity index (χ1v) is 6.97. The minimum absolute atomic E-state index is 0.552. The van der Waals surface area contributed by atoms with Crippen LogP contribution in [0.4, 0.5) is 0 Å². The highest BCUT2D eigenvalue weighted by Crippen LogP contribution is 2.26. The third kappa shape index (κ3) is 3.76. The maximum Gasteiger partial charge on any atom is 0.132 e. The number of hydrogen-bond donors (Lipinski definition) is 1. The van der Waals surface area contributed by atoms with Gasteiger partial charge in [-0.25, -0.2) is 0 Å². The molecule has 3 heteroatoms. The summed E-state index contributed by atoms with van der Waals surface area (Å²) in [5.41, 5.74) is 0.498. The maximum atomic E-state index is 9.47. The molecule has 0 saturated carbocycles. The van der Waals surface area contributed by atoms with E-state index in [1.165, 1.54) is 0 Å². The van der Waals surface area contributed by atoms with Crippen molar-refractivity contribution in [2.24, 2.45) is 0 Å². The standard InChI is InChI=1S/C14H20N2S/c1-12(2)17-10-9-14(11-15,16-3)13-7-5-4-6-8-13/h4-8,12,16H,9-10H2,1-3H3. The minimum Gasteiger partial charge on any atom is -0.299 e. The molecule has 0 aliphatic carbocycles. The van der Waals surface area contributed by atoms with Crippen LogP contribution in [0.1, 0.15) is 25.8 Å². The molecule has 1 aromatic rings. The average molecular weight is 248 g/mol. The fourth-order valence-corrected chi connectivity index (χ4v) is 2.66. The van der Waals surface area contributed by atoms with Crippen molar-refractivity contribution in [3.05, 3.63) is 35.9 Å². The largest absolute Gasteiger partial charge is 0.299 e. The maximum absolute atomic E-state index is 9.47. The van der Waals surface area contributed by atoms with E-state index in [9.17, 15) is 5.26 Å². The normalized spacial score (nSPS) is 14.3. The van der Waals surface area contributed by atoms with E-state index in [1.807, 2.05) is 49.1 Å². The van der Waals surface area contributed by atoms with Crippen LogP contribution < -0.4 is 5.32 Å². The molecule has 17 heavy (non-hydrogen) atoms. The van der Waals surface area contributed by atoms with E-state index in [-0.39, 0.29) is 0 Å². The molecule has 1 atom stereocenters. The Morgan fingerprint density at radius 2 is 2.00 bits per heavy atom. The molecular weight excluding hydrogens is 228 g/mol. The summed E-state index contributed by atoms with van der Waals surface area (Å²) in [5.74, 6) is 0.987. The smallest absolute Gasteiger partial charge is 0.132 e. The van der Waals surface area contributed by atoms with Crippen LogP contribution in [0.5, 0.6) is 0 Å². The van der Waals surface area contributed by atoms with Crippen molar-refractivity contribution in [3.8, 4) is 6.07 Å². The van der Waals surface area contributed by atoms with E-state index in [4.69, 9.17) is 0 Å². The van der Waals surface area contributed by atoms with Crippen molar-refractivity contribution in [1.82, 2.24) is 5.32 Å². The number of thioether (sulfide) groups is 1. The predicted octanol–water partition coefficient (Wildman–Crippen LogP) is 3.16. The highest BCUT2D eigenvalue weighted by molar-refractivity contribution is 7.99. The number of nitrogens with one attached hydrogen (secondary N) is 1. The molecular formula is C14H20N2S. The SMILES string of the molecule is CNC(C#N)(CCSC(C)C)c1ccccc1. The zero-order valence-corrected chi connectivity index (χ0v) is 11.6. The van der Waals surface area contributed by atoms with Crippen molar-refractivity contribution < 1.29 is 0 Å². The molecule has 0 spiro atoms. The fraction of sp³-hybridized carbons (Fsp3) is 0.500. The van der Waals surface area contributed by atoms with Gasteiger partial charge < -0.3 is 0 Å². The van der Waals surface area contributed by atoms with Crippen LogP contribution in [-0.4, -0.2) is 18.1 Å². The number of hydrogen-bond acceptors (Lipinski definition) is 3. The van der Waals surface area contributed by atoms with Crippen molar-refractivity contribution in [2.45, 2.75) is 31.1 Å². The van der Waals surface area contributed by atoms with Gasteiger partial charge in [0.05, 0.1) is 6.07 Å². The minimum atomic E-state index is -0.552. The Bertz CT molecular complexity index is 370. The van der Waals surface area contributed by atoms with Gasteiger partial charge in [-0.3, -0.25) is 5.32 Å². The summed E-state index contributed by atoms with van der Waals surface area (Å²) in [4.78, 5) is 0. The zero-order chi connectivity index (χ0) is 12.7. The first-order valence-electron chi connectivity index (χ1n) is 5.92. The van der Waals surface area contributed by atoms with Gasteiger partial charge in [0.25, 0.3) is 0 Å².